The maximum atomic E-state index is 3.92. The molecule has 0 unspecified atom stereocenters. The number of aromatic nitrogens is 2. The second-order valence-electron chi connectivity index (χ2n) is 1.53. The van der Waals surface area contributed by atoms with Crippen LogP contribution in [-0.4, -0.2) is 4.98 Å². The summed E-state index contributed by atoms with van der Waals surface area (Å²) < 4.78 is 1.99. The molecule has 8 heavy (non-hydrogen) atoms. The zero-order chi connectivity index (χ0) is 5.98. The second kappa shape index (κ2) is 2.39. The highest BCUT2D eigenvalue weighted by atomic mass is 127. The lowest BCUT2D eigenvalue weighted by Crippen LogP contribution is -2.22. The highest BCUT2D eigenvalue weighted by molar-refractivity contribution is 14.1. The highest BCUT2D eigenvalue weighted by Crippen LogP contribution is 1.84. The third kappa shape index (κ3) is 1.15. The molecule has 0 saturated heterocycles. The molecule has 1 heterocycles. The lowest BCUT2D eigenvalue weighted by atomic mass is 10.5. The van der Waals surface area contributed by atoms with Gasteiger partial charge in [-0.05, 0) is 0 Å². The van der Waals surface area contributed by atoms with Crippen molar-refractivity contribution in [3.63, 3.8) is 0 Å². The van der Waals surface area contributed by atoms with Crippen molar-refractivity contribution in [2.45, 2.75) is 6.92 Å². The van der Waals surface area contributed by atoms with Crippen LogP contribution in [-0.2, 0) is 0 Å². The van der Waals surface area contributed by atoms with E-state index in [0.717, 1.165) is 5.69 Å². The van der Waals surface area contributed by atoms with E-state index in [1.165, 1.54) is 0 Å². The van der Waals surface area contributed by atoms with Crippen molar-refractivity contribution >= 4 is 22.9 Å². The number of hydrogen-bond donors (Lipinski definition) is 0. The molecule has 0 saturated carbocycles. The lowest BCUT2D eigenvalue weighted by molar-refractivity contribution is -0.449. The van der Waals surface area contributed by atoms with Gasteiger partial charge in [-0.3, -0.25) is 4.98 Å². The molecule has 0 atom stereocenters. The molecule has 0 bridgehead atoms. The zero-order valence-corrected chi connectivity index (χ0v) is 6.66. The van der Waals surface area contributed by atoms with Crippen LogP contribution in [0.3, 0.4) is 0 Å². The molecule has 3 heteroatoms. The van der Waals surface area contributed by atoms with Gasteiger partial charge in [-0.2, -0.15) is 0 Å². The van der Waals surface area contributed by atoms with Crippen LogP contribution in [0.5, 0.6) is 0 Å². The van der Waals surface area contributed by atoms with Gasteiger partial charge >= 0.3 is 22.9 Å². The van der Waals surface area contributed by atoms with Crippen molar-refractivity contribution in [1.82, 2.24) is 4.98 Å². The average Bonchev–Trinajstić information content (AvgIpc) is 1.77. The third-order valence-corrected chi connectivity index (χ3v) is 1.96. The van der Waals surface area contributed by atoms with Gasteiger partial charge in [0.05, 0.1) is 12.4 Å². The smallest absolute Gasteiger partial charge is 0.252 e. The van der Waals surface area contributed by atoms with Gasteiger partial charge in [0.2, 0.25) is 5.69 Å². The molecule has 0 aliphatic carbocycles. The third-order valence-electron chi connectivity index (χ3n) is 0.882. The first-order chi connectivity index (χ1) is 3.80. The van der Waals surface area contributed by atoms with E-state index in [9.17, 15) is 0 Å². The summed E-state index contributed by atoms with van der Waals surface area (Å²) in [4.78, 5) is 3.92. The van der Waals surface area contributed by atoms with E-state index in [4.69, 9.17) is 0 Å². The minimum absolute atomic E-state index is 1.16. The van der Waals surface area contributed by atoms with E-state index in [1.807, 2.05) is 22.1 Å². The molecular formula is C5H6IN2+. The molecule has 0 radical (unpaired) electrons. The van der Waals surface area contributed by atoms with Crippen molar-refractivity contribution in [3.05, 3.63) is 24.3 Å². The number of rotatable bonds is 0. The Morgan fingerprint density at radius 3 is 2.88 bits per heavy atom. The van der Waals surface area contributed by atoms with Gasteiger partial charge in [-0.25, -0.2) is 0 Å². The summed E-state index contributed by atoms with van der Waals surface area (Å²) in [6, 6.07) is 0. The van der Waals surface area contributed by atoms with Gasteiger partial charge in [0.15, 0.2) is 6.20 Å². The maximum absolute atomic E-state index is 3.92. The summed E-state index contributed by atoms with van der Waals surface area (Å²) in [6.45, 7) is 2.01. The minimum atomic E-state index is 1.16. The summed E-state index contributed by atoms with van der Waals surface area (Å²) in [7, 11) is 0. The summed E-state index contributed by atoms with van der Waals surface area (Å²) in [5, 5.41) is 0. The quantitative estimate of drug-likeness (QED) is 0.594. The Labute approximate surface area is 62.1 Å². The molecule has 0 aromatic carbocycles. The highest BCUT2D eigenvalue weighted by Gasteiger charge is 1.96. The van der Waals surface area contributed by atoms with E-state index >= 15 is 0 Å². The van der Waals surface area contributed by atoms with E-state index in [1.54, 1.807) is 6.20 Å². The number of hydrogen-bond acceptors (Lipinski definition) is 1. The van der Waals surface area contributed by atoms with Crippen molar-refractivity contribution in [2.24, 2.45) is 0 Å². The second-order valence-corrected chi connectivity index (χ2v) is 2.57. The molecule has 42 valence electrons. The molecule has 1 rings (SSSR count). The predicted molar refractivity (Wildman–Crippen MR) is 38.6 cm³/mol. The Kier molecular flexibility index (Phi) is 1.77. The van der Waals surface area contributed by atoms with E-state index in [0.29, 0.717) is 0 Å². The Morgan fingerprint density at radius 2 is 2.50 bits per heavy atom. The molecule has 2 nitrogen and oxygen atoms in total. The van der Waals surface area contributed by atoms with Gasteiger partial charge in [0.25, 0.3) is 0 Å². The van der Waals surface area contributed by atoms with Crippen LogP contribution in [0.15, 0.2) is 18.6 Å². The average molecular weight is 221 g/mol. The van der Waals surface area contributed by atoms with Gasteiger partial charge in [0, 0.05) is 6.92 Å². The molecule has 0 amide bonds. The van der Waals surface area contributed by atoms with Crippen molar-refractivity contribution < 1.29 is 2.78 Å². The van der Waals surface area contributed by atoms with Crippen LogP contribution in [0.4, 0.5) is 0 Å². The van der Waals surface area contributed by atoms with Crippen LogP contribution >= 0.6 is 22.9 Å². The first kappa shape index (κ1) is 5.94. The molecule has 0 aliphatic heterocycles. The van der Waals surface area contributed by atoms with E-state index in [-0.39, 0.29) is 0 Å². The maximum Gasteiger partial charge on any atom is 0.354 e. The van der Waals surface area contributed by atoms with Crippen LogP contribution < -0.4 is 2.78 Å². The molecular weight excluding hydrogens is 215 g/mol. The van der Waals surface area contributed by atoms with Crippen LogP contribution in [0, 0.1) is 6.92 Å². The normalized spacial score (nSPS) is 9.25. The standard InChI is InChI=1S/C5H6IN2/c1-5-4-7-2-3-8(5)6/h2-4H,1H3/q+1. The van der Waals surface area contributed by atoms with Crippen molar-refractivity contribution in [1.29, 1.82) is 0 Å². The Balaban J connectivity index is 3.13. The van der Waals surface area contributed by atoms with Crippen LogP contribution in [0.2, 0.25) is 0 Å². The van der Waals surface area contributed by atoms with Gasteiger partial charge in [-0.15, -0.1) is 2.78 Å². The van der Waals surface area contributed by atoms with Crippen molar-refractivity contribution in [3.8, 4) is 0 Å². The molecule has 0 aliphatic rings. The Hall–Kier alpha value is -0.190. The fraction of sp³-hybridized carbons (Fsp3) is 0.200. The molecule has 0 spiro atoms. The first-order valence-electron chi connectivity index (χ1n) is 2.29. The molecule has 0 N–H and O–H groups in total. The summed E-state index contributed by atoms with van der Waals surface area (Å²) in [5.74, 6) is 0. The first-order valence-corrected chi connectivity index (χ1v) is 3.25. The number of halogens is 1. The van der Waals surface area contributed by atoms with E-state index in [2.05, 4.69) is 27.8 Å². The van der Waals surface area contributed by atoms with Crippen LogP contribution in [0.25, 0.3) is 0 Å². The number of aryl methyl sites for hydroxylation is 1. The summed E-state index contributed by atoms with van der Waals surface area (Å²) in [6.07, 6.45) is 5.50. The molecule has 1 aromatic rings. The fourth-order valence-electron chi connectivity index (χ4n) is 0.421. The minimum Gasteiger partial charge on any atom is -0.252 e. The molecule has 1 aromatic heterocycles. The Morgan fingerprint density at radius 1 is 1.75 bits per heavy atom. The molecule has 0 fully saturated rings. The van der Waals surface area contributed by atoms with Gasteiger partial charge < -0.3 is 0 Å². The topological polar surface area (TPSA) is 16.8 Å². The number of nitrogens with zero attached hydrogens (tertiary/aromatic N) is 2. The largest absolute Gasteiger partial charge is 0.354 e. The zero-order valence-electron chi connectivity index (χ0n) is 4.50. The SMILES string of the molecule is Cc1cncc[n+]1I. The Bertz CT molecular complexity index is 167. The summed E-state index contributed by atoms with van der Waals surface area (Å²) in [5.41, 5.74) is 1.16. The van der Waals surface area contributed by atoms with Gasteiger partial charge in [0.1, 0.15) is 0 Å². The van der Waals surface area contributed by atoms with E-state index < -0.39 is 0 Å². The van der Waals surface area contributed by atoms with Crippen molar-refractivity contribution in [2.75, 3.05) is 0 Å². The monoisotopic (exact) mass is 221 g/mol. The predicted octanol–water partition coefficient (Wildman–Crippen LogP) is 0.876. The van der Waals surface area contributed by atoms with Crippen LogP contribution in [0.1, 0.15) is 5.69 Å². The fourth-order valence-corrected chi connectivity index (χ4v) is 0.689. The summed E-state index contributed by atoms with van der Waals surface area (Å²) >= 11 is 2.20. The lowest BCUT2D eigenvalue weighted by Gasteiger charge is -1.83. The van der Waals surface area contributed by atoms with Gasteiger partial charge in [-0.1, -0.05) is 0 Å².